The number of rotatable bonds is 2. The molecule has 2 heterocycles. The summed E-state index contributed by atoms with van der Waals surface area (Å²) >= 11 is 0. The van der Waals surface area contributed by atoms with E-state index in [2.05, 4.69) is 5.32 Å². The molecule has 2 unspecified atom stereocenters. The lowest BCUT2D eigenvalue weighted by Crippen LogP contribution is -2.43. The second-order valence-electron chi connectivity index (χ2n) is 5.99. The van der Waals surface area contributed by atoms with E-state index >= 15 is 0 Å². The van der Waals surface area contributed by atoms with Crippen LogP contribution >= 0.6 is 0 Å². The minimum Gasteiger partial charge on any atom is -0.508 e. The molecular weight excluding hydrogens is 268 g/mol. The second-order valence-corrected chi connectivity index (χ2v) is 5.99. The van der Waals surface area contributed by atoms with Crippen LogP contribution in [-0.2, 0) is 16.0 Å². The molecule has 2 N–H and O–H groups in total. The number of carbonyl (C=O) groups excluding carboxylic acids is 2. The van der Waals surface area contributed by atoms with Crippen molar-refractivity contribution in [2.75, 3.05) is 6.54 Å². The number of benzene rings is 1. The van der Waals surface area contributed by atoms with E-state index in [1.54, 1.807) is 6.07 Å². The molecule has 2 fully saturated rings. The molecule has 2 amide bonds. The number of aromatic hydroxyl groups is 1. The maximum absolute atomic E-state index is 12.6. The highest BCUT2D eigenvalue weighted by Crippen LogP contribution is 2.29. The molecule has 5 heteroatoms. The summed E-state index contributed by atoms with van der Waals surface area (Å²) in [6.45, 7) is 2.38. The van der Waals surface area contributed by atoms with E-state index in [0.717, 1.165) is 24.0 Å². The van der Waals surface area contributed by atoms with Crippen molar-refractivity contribution in [1.29, 1.82) is 0 Å². The first kappa shape index (κ1) is 13.9. The topological polar surface area (TPSA) is 69.6 Å². The van der Waals surface area contributed by atoms with Crippen molar-refractivity contribution in [2.24, 2.45) is 0 Å². The number of fused-ring (bicyclic) bond motifs is 2. The highest BCUT2D eigenvalue weighted by atomic mass is 16.3. The Kier molecular flexibility index (Phi) is 3.57. The van der Waals surface area contributed by atoms with Crippen LogP contribution in [0.25, 0.3) is 0 Å². The summed E-state index contributed by atoms with van der Waals surface area (Å²) in [6.07, 6.45) is 2.54. The number of hydrogen-bond donors (Lipinski definition) is 2. The standard InChI is InChI=1S/C16H20N2O3/c1-10-2-3-11(6-14(10)19)7-16(21)18-12-4-5-13(18)9-17-15(20)8-12/h2-3,6,12-13,19H,4-5,7-9H2,1H3,(H,17,20). The van der Waals surface area contributed by atoms with Gasteiger partial charge in [-0.3, -0.25) is 9.59 Å². The molecule has 2 aliphatic heterocycles. The Morgan fingerprint density at radius 1 is 1.38 bits per heavy atom. The van der Waals surface area contributed by atoms with Gasteiger partial charge in [0.05, 0.1) is 6.42 Å². The number of carbonyl (C=O) groups is 2. The van der Waals surface area contributed by atoms with E-state index in [-0.39, 0.29) is 36.1 Å². The lowest BCUT2D eigenvalue weighted by molar-refractivity contribution is -0.133. The van der Waals surface area contributed by atoms with Crippen molar-refractivity contribution in [3.05, 3.63) is 29.3 Å². The molecule has 0 aliphatic carbocycles. The number of nitrogens with one attached hydrogen (secondary N) is 1. The van der Waals surface area contributed by atoms with Gasteiger partial charge in [-0.15, -0.1) is 0 Å². The summed E-state index contributed by atoms with van der Waals surface area (Å²) in [5.74, 6) is 0.297. The summed E-state index contributed by atoms with van der Waals surface area (Å²) in [7, 11) is 0. The monoisotopic (exact) mass is 288 g/mol. The van der Waals surface area contributed by atoms with Crippen LogP contribution in [0, 0.1) is 6.92 Å². The van der Waals surface area contributed by atoms with Crippen LogP contribution in [0.3, 0.4) is 0 Å². The summed E-state index contributed by atoms with van der Waals surface area (Å²) < 4.78 is 0. The molecule has 1 aromatic rings. The van der Waals surface area contributed by atoms with E-state index in [9.17, 15) is 14.7 Å². The number of phenols is 1. The predicted octanol–water partition coefficient (Wildman–Crippen LogP) is 1.12. The molecule has 0 aromatic heterocycles. The van der Waals surface area contributed by atoms with Gasteiger partial charge in [0.25, 0.3) is 0 Å². The van der Waals surface area contributed by atoms with Crippen LogP contribution in [-0.4, -0.2) is 40.4 Å². The Morgan fingerprint density at radius 2 is 2.14 bits per heavy atom. The van der Waals surface area contributed by atoms with Crippen LogP contribution in [0.2, 0.25) is 0 Å². The zero-order valence-corrected chi connectivity index (χ0v) is 12.1. The van der Waals surface area contributed by atoms with E-state index < -0.39 is 0 Å². The fraction of sp³-hybridized carbons (Fsp3) is 0.500. The summed E-state index contributed by atoms with van der Waals surface area (Å²) in [5, 5.41) is 12.6. The van der Waals surface area contributed by atoms with Crippen molar-refractivity contribution < 1.29 is 14.7 Å². The Hall–Kier alpha value is -2.04. The number of phenolic OH excluding ortho intramolecular Hbond substituents is 1. The van der Waals surface area contributed by atoms with E-state index in [0.29, 0.717) is 13.0 Å². The number of hydrogen-bond acceptors (Lipinski definition) is 3. The number of amides is 2. The van der Waals surface area contributed by atoms with Gasteiger partial charge in [0.15, 0.2) is 0 Å². The summed E-state index contributed by atoms with van der Waals surface area (Å²) in [4.78, 5) is 26.1. The van der Waals surface area contributed by atoms with Gasteiger partial charge in [-0.25, -0.2) is 0 Å². The van der Waals surface area contributed by atoms with Crippen LogP contribution in [0.4, 0.5) is 0 Å². The van der Waals surface area contributed by atoms with E-state index in [4.69, 9.17) is 0 Å². The molecule has 1 aromatic carbocycles. The van der Waals surface area contributed by atoms with Gasteiger partial charge < -0.3 is 15.3 Å². The summed E-state index contributed by atoms with van der Waals surface area (Å²) in [6, 6.07) is 5.49. The van der Waals surface area contributed by atoms with Gasteiger partial charge >= 0.3 is 0 Å². The van der Waals surface area contributed by atoms with Crippen LogP contribution in [0.5, 0.6) is 5.75 Å². The first-order valence-electron chi connectivity index (χ1n) is 7.41. The molecule has 0 spiro atoms. The SMILES string of the molecule is Cc1ccc(CC(=O)N2C3CCC2CC(=O)NC3)cc1O. The van der Waals surface area contributed by atoms with Gasteiger partial charge in [0, 0.05) is 25.0 Å². The van der Waals surface area contributed by atoms with Crippen molar-refractivity contribution in [1.82, 2.24) is 10.2 Å². The zero-order chi connectivity index (χ0) is 15.0. The average Bonchev–Trinajstić information content (AvgIpc) is 2.74. The molecule has 2 saturated heterocycles. The molecular formula is C16H20N2O3. The molecule has 5 nitrogen and oxygen atoms in total. The van der Waals surface area contributed by atoms with E-state index in [1.807, 2.05) is 24.0 Å². The third-order valence-corrected chi connectivity index (χ3v) is 4.49. The maximum atomic E-state index is 12.6. The zero-order valence-electron chi connectivity index (χ0n) is 12.1. The molecule has 21 heavy (non-hydrogen) atoms. The lowest BCUT2D eigenvalue weighted by Gasteiger charge is -2.27. The largest absolute Gasteiger partial charge is 0.508 e. The fourth-order valence-corrected chi connectivity index (χ4v) is 3.32. The normalized spacial score (nSPS) is 24.6. The number of aryl methyl sites for hydroxylation is 1. The maximum Gasteiger partial charge on any atom is 0.227 e. The van der Waals surface area contributed by atoms with Crippen molar-refractivity contribution >= 4 is 11.8 Å². The summed E-state index contributed by atoms with van der Waals surface area (Å²) in [5.41, 5.74) is 1.61. The first-order chi connectivity index (χ1) is 10.0. The molecule has 3 rings (SSSR count). The number of nitrogens with zero attached hydrogens (tertiary/aromatic N) is 1. The quantitative estimate of drug-likeness (QED) is 0.857. The Bertz CT molecular complexity index is 585. The third-order valence-electron chi connectivity index (χ3n) is 4.49. The van der Waals surface area contributed by atoms with Crippen LogP contribution in [0.15, 0.2) is 18.2 Å². The average molecular weight is 288 g/mol. The Morgan fingerprint density at radius 3 is 2.90 bits per heavy atom. The van der Waals surface area contributed by atoms with E-state index in [1.165, 1.54) is 0 Å². The Balaban J connectivity index is 1.75. The van der Waals surface area contributed by atoms with Crippen molar-refractivity contribution in [3.63, 3.8) is 0 Å². The van der Waals surface area contributed by atoms with Crippen molar-refractivity contribution in [2.45, 2.75) is 44.7 Å². The van der Waals surface area contributed by atoms with Gasteiger partial charge in [0.1, 0.15) is 5.75 Å². The molecule has 2 atom stereocenters. The molecule has 2 bridgehead atoms. The van der Waals surface area contributed by atoms with Gasteiger partial charge in [-0.05, 0) is 37.0 Å². The minimum atomic E-state index is 0.0315. The second kappa shape index (κ2) is 5.39. The van der Waals surface area contributed by atoms with Gasteiger partial charge in [0.2, 0.25) is 11.8 Å². The Labute approximate surface area is 123 Å². The fourth-order valence-electron chi connectivity index (χ4n) is 3.32. The van der Waals surface area contributed by atoms with Crippen molar-refractivity contribution in [3.8, 4) is 5.75 Å². The van der Waals surface area contributed by atoms with Crippen LogP contribution < -0.4 is 5.32 Å². The van der Waals surface area contributed by atoms with Gasteiger partial charge in [-0.2, -0.15) is 0 Å². The first-order valence-corrected chi connectivity index (χ1v) is 7.41. The minimum absolute atomic E-state index is 0.0315. The molecule has 2 aliphatic rings. The van der Waals surface area contributed by atoms with Crippen LogP contribution in [0.1, 0.15) is 30.4 Å². The smallest absolute Gasteiger partial charge is 0.227 e. The molecule has 0 radical (unpaired) electrons. The highest BCUT2D eigenvalue weighted by molar-refractivity contribution is 5.83. The predicted molar refractivity (Wildman–Crippen MR) is 77.8 cm³/mol. The molecule has 112 valence electrons. The third kappa shape index (κ3) is 2.73. The highest BCUT2D eigenvalue weighted by Gasteiger charge is 2.39. The van der Waals surface area contributed by atoms with Gasteiger partial charge in [-0.1, -0.05) is 12.1 Å². The molecule has 0 saturated carbocycles. The lowest BCUT2D eigenvalue weighted by atomic mass is 10.1.